The van der Waals surface area contributed by atoms with Crippen molar-refractivity contribution in [3.05, 3.63) is 66.2 Å². The highest BCUT2D eigenvalue weighted by molar-refractivity contribution is 7.92. The Bertz CT molecular complexity index is 1630. The van der Waals surface area contributed by atoms with Gasteiger partial charge in [0, 0.05) is 37.1 Å². The van der Waals surface area contributed by atoms with Gasteiger partial charge in [-0.3, -0.25) is 10.1 Å². The van der Waals surface area contributed by atoms with Crippen LogP contribution in [0.3, 0.4) is 0 Å². The smallest absolute Gasteiger partial charge is 0.280 e. The standard InChI is InChI=1S/C25H23N7O5S2/c33-23(31-25-29-19-8-9-21(30-24(19)38-25)37-16-12-26-13-16)22(32-36-14-20-27-10-1-11-28-20)15-2-4-17(5-3-15)39(34,35)18-6-7-18/h1-5,8-11,16,18,26H,6-7,12-14H2,(H,29,31,33)/b32-22+. The molecule has 1 amide bonds. The number of hydrogen-bond acceptors (Lipinski definition) is 12. The van der Waals surface area contributed by atoms with Gasteiger partial charge in [0.2, 0.25) is 5.88 Å². The number of nitrogens with one attached hydrogen (secondary N) is 2. The van der Waals surface area contributed by atoms with Gasteiger partial charge in [0.1, 0.15) is 16.5 Å². The number of thiazole rings is 1. The van der Waals surface area contributed by atoms with E-state index in [9.17, 15) is 13.2 Å². The normalized spacial score (nSPS) is 16.1. The van der Waals surface area contributed by atoms with Crippen LogP contribution in [0.4, 0.5) is 5.13 Å². The third-order valence-corrected chi connectivity index (χ3v) is 9.24. The largest absolute Gasteiger partial charge is 0.472 e. The number of sulfone groups is 1. The second-order valence-corrected chi connectivity index (χ2v) is 12.2. The van der Waals surface area contributed by atoms with E-state index >= 15 is 0 Å². The number of aromatic nitrogens is 4. The van der Waals surface area contributed by atoms with Gasteiger partial charge >= 0.3 is 0 Å². The molecule has 1 saturated heterocycles. The maximum atomic E-state index is 13.3. The number of rotatable bonds is 10. The van der Waals surface area contributed by atoms with Crippen LogP contribution in [0.2, 0.25) is 0 Å². The molecule has 1 aromatic carbocycles. The van der Waals surface area contributed by atoms with Crippen LogP contribution in [0.25, 0.3) is 10.3 Å². The van der Waals surface area contributed by atoms with Gasteiger partial charge in [-0.1, -0.05) is 28.6 Å². The number of benzene rings is 1. The predicted octanol–water partition coefficient (Wildman–Crippen LogP) is 2.33. The molecular formula is C25H23N7O5S2. The van der Waals surface area contributed by atoms with Crippen LogP contribution in [-0.4, -0.2) is 64.4 Å². The number of carbonyl (C=O) groups is 1. The van der Waals surface area contributed by atoms with E-state index in [-0.39, 0.29) is 28.6 Å². The summed E-state index contributed by atoms with van der Waals surface area (Å²) >= 11 is 1.20. The Labute approximate surface area is 227 Å². The lowest BCUT2D eigenvalue weighted by Gasteiger charge is -2.27. The molecule has 4 aromatic rings. The summed E-state index contributed by atoms with van der Waals surface area (Å²) < 4.78 is 31.0. The molecule has 0 spiro atoms. The van der Waals surface area contributed by atoms with E-state index in [0.717, 1.165) is 13.1 Å². The quantitative estimate of drug-likeness (QED) is 0.216. The topological polar surface area (TPSA) is 158 Å². The summed E-state index contributed by atoms with van der Waals surface area (Å²) in [6.07, 6.45) is 4.56. The minimum Gasteiger partial charge on any atom is -0.472 e. The van der Waals surface area contributed by atoms with Crippen LogP contribution in [0.5, 0.6) is 5.88 Å². The van der Waals surface area contributed by atoms with Gasteiger partial charge < -0.3 is 14.9 Å². The monoisotopic (exact) mass is 565 g/mol. The fraction of sp³-hybridized carbons (Fsp3) is 0.280. The van der Waals surface area contributed by atoms with E-state index in [0.29, 0.717) is 45.6 Å². The molecule has 200 valence electrons. The molecule has 14 heteroatoms. The van der Waals surface area contributed by atoms with Crippen molar-refractivity contribution in [1.82, 2.24) is 25.3 Å². The van der Waals surface area contributed by atoms with E-state index < -0.39 is 15.7 Å². The average molecular weight is 566 g/mol. The molecule has 1 aliphatic carbocycles. The number of nitrogens with zero attached hydrogens (tertiary/aromatic N) is 5. The summed E-state index contributed by atoms with van der Waals surface area (Å²) in [6.45, 7) is 1.49. The van der Waals surface area contributed by atoms with Crippen molar-refractivity contribution in [2.75, 3.05) is 18.4 Å². The molecule has 39 heavy (non-hydrogen) atoms. The molecule has 2 aliphatic rings. The van der Waals surface area contributed by atoms with Crippen molar-refractivity contribution in [2.45, 2.75) is 35.7 Å². The lowest BCUT2D eigenvalue weighted by atomic mass is 10.1. The van der Waals surface area contributed by atoms with Crippen molar-refractivity contribution in [2.24, 2.45) is 5.16 Å². The molecular weight excluding hydrogens is 542 g/mol. The summed E-state index contributed by atoms with van der Waals surface area (Å²) in [4.78, 5) is 36.7. The molecule has 0 unspecified atom stereocenters. The first kappa shape index (κ1) is 25.3. The number of pyridine rings is 1. The minimum absolute atomic E-state index is 0.0594. The van der Waals surface area contributed by atoms with Gasteiger partial charge in [0.15, 0.2) is 33.1 Å². The van der Waals surface area contributed by atoms with Crippen molar-refractivity contribution < 1.29 is 22.8 Å². The number of oxime groups is 1. The Balaban J connectivity index is 1.23. The fourth-order valence-corrected chi connectivity index (χ4v) is 6.23. The Morgan fingerprint density at radius 2 is 1.85 bits per heavy atom. The average Bonchev–Trinajstić information content (AvgIpc) is 3.71. The molecule has 1 aliphatic heterocycles. The van der Waals surface area contributed by atoms with Crippen molar-refractivity contribution in [3.63, 3.8) is 0 Å². The first-order valence-corrected chi connectivity index (χ1v) is 14.6. The van der Waals surface area contributed by atoms with Gasteiger partial charge in [-0.25, -0.2) is 28.4 Å². The van der Waals surface area contributed by atoms with E-state index in [2.05, 4.69) is 35.7 Å². The zero-order chi connectivity index (χ0) is 26.8. The van der Waals surface area contributed by atoms with Crippen LogP contribution in [-0.2, 0) is 26.1 Å². The van der Waals surface area contributed by atoms with E-state index in [1.54, 1.807) is 30.6 Å². The van der Waals surface area contributed by atoms with Gasteiger partial charge in [-0.15, -0.1) is 0 Å². The molecule has 1 saturated carbocycles. The summed E-state index contributed by atoms with van der Waals surface area (Å²) in [5.74, 6) is 0.299. The van der Waals surface area contributed by atoms with Crippen LogP contribution >= 0.6 is 11.3 Å². The molecule has 0 bridgehead atoms. The van der Waals surface area contributed by atoms with Gasteiger partial charge in [0.25, 0.3) is 5.91 Å². The molecule has 0 atom stereocenters. The fourth-order valence-electron chi connectivity index (χ4n) is 3.75. The van der Waals surface area contributed by atoms with Crippen LogP contribution in [0.1, 0.15) is 24.2 Å². The summed E-state index contributed by atoms with van der Waals surface area (Å²) in [5, 5.41) is 9.93. The molecule has 0 radical (unpaired) electrons. The van der Waals surface area contributed by atoms with Crippen LogP contribution < -0.4 is 15.4 Å². The lowest BCUT2D eigenvalue weighted by Crippen LogP contribution is -2.50. The van der Waals surface area contributed by atoms with Crippen molar-refractivity contribution >= 4 is 48.3 Å². The summed E-state index contributed by atoms with van der Waals surface area (Å²) in [7, 11) is -3.37. The third-order valence-electron chi connectivity index (χ3n) is 6.09. The zero-order valence-corrected chi connectivity index (χ0v) is 22.1. The molecule has 3 aromatic heterocycles. The Kier molecular flexibility index (Phi) is 6.89. The van der Waals surface area contributed by atoms with Crippen LogP contribution in [0, 0.1) is 0 Å². The third kappa shape index (κ3) is 5.72. The number of fused-ring (bicyclic) bond motifs is 1. The molecule has 6 rings (SSSR count). The van der Waals surface area contributed by atoms with Crippen molar-refractivity contribution in [3.8, 4) is 5.88 Å². The maximum Gasteiger partial charge on any atom is 0.280 e. The highest BCUT2D eigenvalue weighted by atomic mass is 32.2. The second kappa shape index (κ2) is 10.6. The summed E-state index contributed by atoms with van der Waals surface area (Å²) in [5.41, 5.74) is 0.926. The van der Waals surface area contributed by atoms with E-state index in [1.165, 1.54) is 35.6 Å². The van der Waals surface area contributed by atoms with E-state index in [4.69, 9.17) is 9.57 Å². The highest BCUT2D eigenvalue weighted by Crippen LogP contribution is 2.33. The maximum absolute atomic E-state index is 13.3. The molecule has 2 fully saturated rings. The minimum atomic E-state index is -3.37. The van der Waals surface area contributed by atoms with E-state index in [1.807, 2.05) is 0 Å². The van der Waals surface area contributed by atoms with Gasteiger partial charge in [0.05, 0.1) is 10.1 Å². The number of ether oxygens (including phenoxy) is 1. The Hall–Kier alpha value is -4.01. The molecule has 4 heterocycles. The SMILES string of the molecule is O=C(Nc1nc2ccc(OC3CNC3)nc2s1)/C(=N/OCc1ncccn1)c1ccc(S(=O)(=O)C2CC2)cc1. The van der Waals surface area contributed by atoms with Gasteiger partial charge in [-0.2, -0.15) is 0 Å². The number of hydrogen-bond donors (Lipinski definition) is 2. The number of anilines is 1. The highest BCUT2D eigenvalue weighted by Gasteiger charge is 2.36. The number of amides is 1. The first-order chi connectivity index (χ1) is 19.0. The molecule has 12 nitrogen and oxygen atoms in total. The zero-order valence-electron chi connectivity index (χ0n) is 20.5. The first-order valence-electron chi connectivity index (χ1n) is 12.2. The van der Waals surface area contributed by atoms with Crippen molar-refractivity contribution in [1.29, 1.82) is 0 Å². The predicted molar refractivity (Wildman–Crippen MR) is 143 cm³/mol. The van der Waals surface area contributed by atoms with Gasteiger partial charge in [-0.05, 0) is 37.1 Å². The molecule has 2 N–H and O–H groups in total. The second-order valence-electron chi connectivity index (χ2n) is 8.99. The summed E-state index contributed by atoms with van der Waals surface area (Å²) in [6, 6.07) is 11.2. The number of carbonyl (C=O) groups excluding carboxylic acids is 1. The lowest BCUT2D eigenvalue weighted by molar-refractivity contribution is -0.110. The van der Waals surface area contributed by atoms with Crippen LogP contribution in [0.15, 0.2) is 64.9 Å². The Morgan fingerprint density at radius 3 is 2.54 bits per heavy atom. The Morgan fingerprint density at radius 1 is 1.08 bits per heavy atom.